The standard InChI is InChI=1S/C26H31N3O2S/c1-21(2)29(26(31)20-32-24-14-8-5-9-15-24)19-25(30)28(17-22-11-6-4-7-12-22)18-23-13-10-16-27(23)3/h4-16,21H,17-20H2,1-3H3. The smallest absolute Gasteiger partial charge is 0.242 e. The number of thioether (sulfide) groups is 1. The second-order valence-electron chi connectivity index (χ2n) is 8.06. The molecule has 32 heavy (non-hydrogen) atoms. The molecule has 2 amide bonds. The predicted molar refractivity (Wildman–Crippen MR) is 130 cm³/mol. The maximum Gasteiger partial charge on any atom is 0.242 e. The van der Waals surface area contributed by atoms with Gasteiger partial charge in [0.25, 0.3) is 0 Å². The Morgan fingerprint density at radius 3 is 2.12 bits per heavy atom. The zero-order valence-electron chi connectivity index (χ0n) is 19.0. The number of hydrogen-bond acceptors (Lipinski definition) is 3. The van der Waals surface area contributed by atoms with E-state index in [4.69, 9.17) is 0 Å². The lowest BCUT2D eigenvalue weighted by molar-refractivity contribution is -0.141. The fraction of sp³-hybridized carbons (Fsp3) is 0.308. The highest BCUT2D eigenvalue weighted by atomic mass is 32.2. The van der Waals surface area contributed by atoms with Gasteiger partial charge >= 0.3 is 0 Å². The van der Waals surface area contributed by atoms with Gasteiger partial charge in [0.2, 0.25) is 11.8 Å². The zero-order valence-corrected chi connectivity index (χ0v) is 19.8. The monoisotopic (exact) mass is 449 g/mol. The molecular weight excluding hydrogens is 418 g/mol. The highest BCUT2D eigenvalue weighted by molar-refractivity contribution is 8.00. The Bertz CT molecular complexity index is 1000. The molecule has 2 aromatic carbocycles. The number of benzene rings is 2. The summed E-state index contributed by atoms with van der Waals surface area (Å²) >= 11 is 1.50. The van der Waals surface area contributed by atoms with Crippen LogP contribution in [-0.4, -0.2) is 44.5 Å². The predicted octanol–water partition coefficient (Wildman–Crippen LogP) is 4.58. The molecule has 0 saturated carbocycles. The van der Waals surface area contributed by atoms with Gasteiger partial charge in [0, 0.05) is 36.4 Å². The van der Waals surface area contributed by atoms with Gasteiger partial charge in [-0.3, -0.25) is 9.59 Å². The summed E-state index contributed by atoms with van der Waals surface area (Å²) in [6.07, 6.45) is 1.98. The lowest BCUT2D eigenvalue weighted by atomic mass is 10.2. The van der Waals surface area contributed by atoms with Crippen LogP contribution in [0.5, 0.6) is 0 Å². The Kier molecular flexibility index (Phi) is 8.56. The van der Waals surface area contributed by atoms with Crippen molar-refractivity contribution < 1.29 is 9.59 Å². The minimum atomic E-state index is -0.0589. The molecule has 0 bridgehead atoms. The van der Waals surface area contributed by atoms with E-state index in [0.29, 0.717) is 18.8 Å². The van der Waals surface area contributed by atoms with Gasteiger partial charge in [-0.25, -0.2) is 0 Å². The van der Waals surface area contributed by atoms with E-state index in [1.165, 1.54) is 11.8 Å². The third kappa shape index (κ3) is 6.76. The summed E-state index contributed by atoms with van der Waals surface area (Å²) in [6.45, 7) is 4.98. The fourth-order valence-corrected chi connectivity index (χ4v) is 4.25. The Morgan fingerprint density at radius 1 is 0.875 bits per heavy atom. The topological polar surface area (TPSA) is 45.6 Å². The van der Waals surface area contributed by atoms with Crippen LogP contribution in [0.25, 0.3) is 0 Å². The average molecular weight is 450 g/mol. The summed E-state index contributed by atoms with van der Waals surface area (Å²) in [5, 5.41) is 0. The molecule has 0 atom stereocenters. The molecule has 1 heterocycles. The van der Waals surface area contributed by atoms with Gasteiger partial charge in [0.05, 0.1) is 12.3 Å². The molecule has 0 fully saturated rings. The number of carbonyl (C=O) groups excluding carboxylic acids is 2. The van der Waals surface area contributed by atoms with Crippen LogP contribution >= 0.6 is 11.8 Å². The van der Waals surface area contributed by atoms with E-state index in [2.05, 4.69) is 0 Å². The number of nitrogens with zero attached hydrogens (tertiary/aromatic N) is 3. The van der Waals surface area contributed by atoms with Crippen molar-refractivity contribution in [2.75, 3.05) is 12.3 Å². The zero-order chi connectivity index (χ0) is 22.9. The summed E-state index contributed by atoms with van der Waals surface area (Å²) in [4.78, 5) is 30.9. The first-order valence-corrected chi connectivity index (χ1v) is 11.8. The first-order chi connectivity index (χ1) is 15.4. The van der Waals surface area contributed by atoms with Crippen LogP contribution in [0.3, 0.4) is 0 Å². The Hall–Kier alpha value is -2.99. The summed E-state index contributed by atoms with van der Waals surface area (Å²) in [7, 11) is 1.98. The third-order valence-electron chi connectivity index (χ3n) is 5.33. The van der Waals surface area contributed by atoms with E-state index in [9.17, 15) is 9.59 Å². The van der Waals surface area contributed by atoms with Crippen LogP contribution in [0.2, 0.25) is 0 Å². The minimum Gasteiger partial charge on any atom is -0.353 e. The molecule has 0 N–H and O–H groups in total. The van der Waals surface area contributed by atoms with Crippen LogP contribution in [0.4, 0.5) is 0 Å². The van der Waals surface area contributed by atoms with Crippen molar-refractivity contribution in [1.82, 2.24) is 14.4 Å². The Labute approximate surface area is 195 Å². The molecule has 1 aromatic heterocycles. The van der Waals surface area contributed by atoms with Crippen LogP contribution < -0.4 is 0 Å². The lowest BCUT2D eigenvalue weighted by Gasteiger charge is -2.30. The molecule has 0 spiro atoms. The van der Waals surface area contributed by atoms with Crippen LogP contribution in [0, 0.1) is 0 Å². The number of aromatic nitrogens is 1. The van der Waals surface area contributed by atoms with Crippen molar-refractivity contribution in [1.29, 1.82) is 0 Å². The molecule has 5 nitrogen and oxygen atoms in total. The van der Waals surface area contributed by atoms with Crippen molar-refractivity contribution in [2.24, 2.45) is 7.05 Å². The summed E-state index contributed by atoms with van der Waals surface area (Å²) in [5.74, 6) is 0.231. The van der Waals surface area contributed by atoms with Crippen LogP contribution in [0.15, 0.2) is 83.9 Å². The first kappa shape index (κ1) is 23.7. The third-order valence-corrected chi connectivity index (χ3v) is 6.32. The molecule has 0 aliphatic rings. The van der Waals surface area contributed by atoms with Crippen molar-refractivity contribution in [2.45, 2.75) is 37.9 Å². The van der Waals surface area contributed by atoms with Gasteiger partial charge in [-0.05, 0) is 43.7 Å². The van der Waals surface area contributed by atoms with E-state index in [1.807, 2.05) is 109 Å². The lowest BCUT2D eigenvalue weighted by Crippen LogP contribution is -2.46. The molecule has 6 heteroatoms. The fourth-order valence-electron chi connectivity index (χ4n) is 3.44. The van der Waals surface area contributed by atoms with Crippen molar-refractivity contribution >= 4 is 23.6 Å². The molecular formula is C26H31N3O2S. The van der Waals surface area contributed by atoms with Crippen molar-refractivity contribution in [3.8, 4) is 0 Å². The van der Waals surface area contributed by atoms with Gasteiger partial charge in [-0.1, -0.05) is 48.5 Å². The molecule has 3 rings (SSSR count). The Balaban J connectivity index is 1.70. The summed E-state index contributed by atoms with van der Waals surface area (Å²) in [6, 6.07) is 23.8. The maximum atomic E-state index is 13.4. The molecule has 3 aromatic rings. The van der Waals surface area contributed by atoms with E-state index in [-0.39, 0.29) is 24.4 Å². The summed E-state index contributed by atoms with van der Waals surface area (Å²) < 4.78 is 2.02. The van der Waals surface area contributed by atoms with Crippen LogP contribution in [0.1, 0.15) is 25.1 Å². The number of aryl methyl sites for hydroxylation is 1. The van der Waals surface area contributed by atoms with Crippen LogP contribution in [-0.2, 0) is 29.7 Å². The quantitative estimate of drug-likeness (QED) is 0.426. The van der Waals surface area contributed by atoms with Gasteiger partial charge in [-0.15, -0.1) is 11.8 Å². The molecule has 0 aliphatic heterocycles. The van der Waals surface area contributed by atoms with Crippen molar-refractivity contribution in [3.63, 3.8) is 0 Å². The molecule has 0 unspecified atom stereocenters. The second kappa shape index (κ2) is 11.6. The number of carbonyl (C=O) groups is 2. The second-order valence-corrected chi connectivity index (χ2v) is 9.11. The van der Waals surface area contributed by atoms with Crippen molar-refractivity contribution in [3.05, 3.63) is 90.3 Å². The van der Waals surface area contributed by atoms with Gasteiger partial charge in [0.1, 0.15) is 6.54 Å². The minimum absolute atomic E-state index is 0.0271. The maximum absolute atomic E-state index is 13.4. The van der Waals surface area contributed by atoms with Gasteiger partial charge in [-0.2, -0.15) is 0 Å². The molecule has 0 saturated heterocycles. The number of hydrogen-bond donors (Lipinski definition) is 0. The normalized spacial score (nSPS) is 10.9. The highest BCUT2D eigenvalue weighted by Gasteiger charge is 2.24. The largest absolute Gasteiger partial charge is 0.353 e. The van der Waals surface area contributed by atoms with E-state index in [1.54, 1.807) is 4.90 Å². The van der Waals surface area contributed by atoms with Gasteiger partial charge < -0.3 is 14.4 Å². The molecule has 168 valence electrons. The summed E-state index contributed by atoms with van der Waals surface area (Å²) in [5.41, 5.74) is 2.12. The van der Waals surface area contributed by atoms with E-state index in [0.717, 1.165) is 16.2 Å². The molecule has 0 radical (unpaired) electrons. The SMILES string of the molecule is CC(C)N(CC(=O)N(Cc1ccccc1)Cc1cccn1C)C(=O)CSc1ccccc1. The highest BCUT2D eigenvalue weighted by Crippen LogP contribution is 2.18. The number of amides is 2. The number of rotatable bonds is 10. The van der Waals surface area contributed by atoms with Gasteiger partial charge in [0.15, 0.2) is 0 Å². The van der Waals surface area contributed by atoms with E-state index < -0.39 is 0 Å². The average Bonchev–Trinajstić information content (AvgIpc) is 3.20. The first-order valence-electron chi connectivity index (χ1n) is 10.8. The molecule has 0 aliphatic carbocycles. The Morgan fingerprint density at radius 2 is 1.53 bits per heavy atom. The van der Waals surface area contributed by atoms with E-state index >= 15 is 0 Å².